The van der Waals surface area contributed by atoms with Crippen LogP contribution in [-0.2, 0) is 6.54 Å². The van der Waals surface area contributed by atoms with Crippen molar-refractivity contribution in [3.05, 3.63) is 57.2 Å². The number of phenols is 2. The molecule has 8 heteroatoms. The molecule has 0 aliphatic carbocycles. The summed E-state index contributed by atoms with van der Waals surface area (Å²) in [6.07, 6.45) is 2.08. The molecule has 2 heterocycles. The lowest BCUT2D eigenvalue weighted by Gasteiger charge is -2.25. The van der Waals surface area contributed by atoms with Crippen LogP contribution < -0.4 is 11.2 Å². The number of aliphatic hydroxyl groups is 1. The van der Waals surface area contributed by atoms with Gasteiger partial charge in [0.2, 0.25) is 0 Å². The molecule has 1 atom stereocenters. The molecule has 0 bridgehead atoms. The maximum absolute atomic E-state index is 12.2. The van der Waals surface area contributed by atoms with Crippen LogP contribution in [0.1, 0.15) is 18.4 Å². The van der Waals surface area contributed by atoms with Crippen LogP contribution in [0.4, 0.5) is 0 Å². The predicted octanol–water partition coefficient (Wildman–Crippen LogP) is 3.06. The third-order valence-corrected chi connectivity index (χ3v) is 5.40. The van der Waals surface area contributed by atoms with E-state index in [1.54, 1.807) is 18.2 Å². The molecule has 1 aromatic heterocycles. The first-order valence-corrected chi connectivity index (χ1v) is 10.0. The molecule has 7 nitrogen and oxygen atoms in total. The lowest BCUT2D eigenvalue weighted by molar-refractivity contribution is 0.0846. The number of halogens is 1. The first-order valence-electron chi connectivity index (χ1n) is 9.64. The number of β-amino-alcohol motifs (C(OH)–C–C–N with tert-alkyl or cyclic N) is 1. The Morgan fingerprint density at radius 2 is 2.03 bits per heavy atom. The molecule has 30 heavy (non-hydrogen) atoms. The summed E-state index contributed by atoms with van der Waals surface area (Å²) in [5.41, 5.74) is 6.51. The summed E-state index contributed by atoms with van der Waals surface area (Å²) in [6, 6.07) is 8.84. The van der Waals surface area contributed by atoms with Gasteiger partial charge in [0, 0.05) is 36.9 Å². The van der Waals surface area contributed by atoms with Crippen molar-refractivity contribution in [1.29, 1.82) is 0 Å². The number of piperidine rings is 1. The van der Waals surface area contributed by atoms with E-state index >= 15 is 0 Å². The zero-order valence-electron chi connectivity index (χ0n) is 16.6. The standard InChI is InChI=1S/C16H12ClNO4.C6H13NO/c17-16-8(7-18)2-1-3-10(16)13-6-12(21)15-11(20)4-9(19)5-14(15)22-13;1-7-4-2-3-6(8)5-7/h1-6,19-20H,7,18H2;6,8H,2-5H2,1H3. The highest BCUT2D eigenvalue weighted by molar-refractivity contribution is 6.34. The van der Waals surface area contributed by atoms with E-state index in [0.717, 1.165) is 37.6 Å². The summed E-state index contributed by atoms with van der Waals surface area (Å²) in [6.45, 7) is 2.27. The van der Waals surface area contributed by atoms with Gasteiger partial charge in [0.05, 0.1) is 11.1 Å². The van der Waals surface area contributed by atoms with Gasteiger partial charge in [-0.15, -0.1) is 0 Å². The number of phenolic OH excluding ortho intramolecular Hbond substituents is 2. The molecule has 1 aliphatic rings. The number of hydrogen-bond donors (Lipinski definition) is 4. The number of nitrogens with two attached hydrogens (primary N) is 1. The predicted molar refractivity (Wildman–Crippen MR) is 117 cm³/mol. The van der Waals surface area contributed by atoms with E-state index in [1.807, 2.05) is 7.05 Å². The van der Waals surface area contributed by atoms with Crippen LogP contribution in [0, 0.1) is 0 Å². The van der Waals surface area contributed by atoms with Crippen molar-refractivity contribution in [2.24, 2.45) is 5.73 Å². The molecule has 1 unspecified atom stereocenters. The van der Waals surface area contributed by atoms with Gasteiger partial charge in [-0.2, -0.15) is 0 Å². The smallest absolute Gasteiger partial charge is 0.197 e. The van der Waals surface area contributed by atoms with E-state index in [2.05, 4.69) is 4.90 Å². The van der Waals surface area contributed by atoms with Crippen LogP contribution in [0.3, 0.4) is 0 Å². The van der Waals surface area contributed by atoms with E-state index in [9.17, 15) is 15.0 Å². The molecule has 4 rings (SSSR count). The Hall–Kier alpha value is -2.58. The third-order valence-electron chi connectivity index (χ3n) is 4.96. The third kappa shape index (κ3) is 4.94. The summed E-state index contributed by atoms with van der Waals surface area (Å²) in [5, 5.41) is 28.7. The van der Waals surface area contributed by atoms with Crippen molar-refractivity contribution < 1.29 is 19.7 Å². The molecule has 3 aromatic rings. The number of aromatic hydroxyl groups is 2. The molecule has 0 amide bonds. The molecular formula is C22H25ClN2O5. The second-order valence-corrected chi connectivity index (χ2v) is 7.73. The molecular weight excluding hydrogens is 408 g/mol. The van der Waals surface area contributed by atoms with Crippen LogP contribution in [-0.4, -0.2) is 46.5 Å². The van der Waals surface area contributed by atoms with Gasteiger partial charge in [0.25, 0.3) is 0 Å². The Morgan fingerprint density at radius 1 is 1.27 bits per heavy atom. The second kappa shape index (κ2) is 9.49. The maximum atomic E-state index is 12.2. The van der Waals surface area contributed by atoms with Crippen molar-refractivity contribution in [2.45, 2.75) is 25.5 Å². The van der Waals surface area contributed by atoms with Crippen molar-refractivity contribution in [3.63, 3.8) is 0 Å². The number of hydrogen-bond acceptors (Lipinski definition) is 7. The molecule has 5 N–H and O–H groups in total. The SMILES string of the molecule is CN1CCCC(O)C1.NCc1cccc(-c2cc(=O)c3c(O)cc(O)cc3o2)c1Cl. The molecule has 1 saturated heterocycles. The number of benzene rings is 2. The fraction of sp³-hybridized carbons (Fsp3) is 0.318. The van der Waals surface area contributed by atoms with E-state index in [-0.39, 0.29) is 40.9 Å². The normalized spacial score (nSPS) is 16.9. The van der Waals surface area contributed by atoms with Gasteiger partial charge in [0.1, 0.15) is 28.2 Å². The molecule has 160 valence electrons. The first-order chi connectivity index (χ1) is 14.3. The lowest BCUT2D eigenvalue weighted by atomic mass is 10.1. The fourth-order valence-electron chi connectivity index (χ4n) is 3.45. The average Bonchev–Trinajstić information content (AvgIpc) is 2.67. The first kappa shape index (κ1) is 22.1. The molecule has 0 saturated carbocycles. The van der Waals surface area contributed by atoms with Crippen molar-refractivity contribution in [1.82, 2.24) is 4.90 Å². The quantitative estimate of drug-likeness (QED) is 0.491. The summed E-state index contributed by atoms with van der Waals surface area (Å²) in [7, 11) is 2.04. The molecule has 1 fully saturated rings. The van der Waals surface area contributed by atoms with E-state index < -0.39 is 5.43 Å². The summed E-state index contributed by atoms with van der Waals surface area (Å²) >= 11 is 6.27. The van der Waals surface area contributed by atoms with E-state index in [1.165, 1.54) is 12.1 Å². The number of nitrogens with zero attached hydrogens (tertiary/aromatic N) is 1. The monoisotopic (exact) mass is 432 g/mol. The number of fused-ring (bicyclic) bond motifs is 1. The maximum Gasteiger partial charge on any atom is 0.197 e. The van der Waals surface area contributed by atoms with E-state index in [4.69, 9.17) is 26.9 Å². The van der Waals surface area contributed by atoms with Crippen molar-refractivity contribution >= 4 is 22.6 Å². The Bertz CT molecular complexity index is 1090. The number of rotatable bonds is 2. The Balaban J connectivity index is 0.000000269. The Morgan fingerprint density at radius 3 is 2.67 bits per heavy atom. The minimum absolute atomic E-state index is 0.00709. The molecule has 1 aliphatic heterocycles. The summed E-state index contributed by atoms with van der Waals surface area (Å²) in [5.74, 6) is -0.299. The van der Waals surface area contributed by atoms with Gasteiger partial charge in [-0.05, 0) is 38.1 Å². The highest BCUT2D eigenvalue weighted by atomic mass is 35.5. The minimum atomic E-state index is -0.428. The van der Waals surface area contributed by atoms with Crippen LogP contribution >= 0.6 is 11.6 Å². The lowest BCUT2D eigenvalue weighted by Crippen LogP contribution is -2.34. The Kier molecular flexibility index (Phi) is 6.99. The average molecular weight is 433 g/mol. The summed E-state index contributed by atoms with van der Waals surface area (Å²) in [4.78, 5) is 14.4. The highest BCUT2D eigenvalue weighted by Crippen LogP contribution is 2.34. The van der Waals surface area contributed by atoms with Crippen LogP contribution in [0.5, 0.6) is 11.5 Å². The van der Waals surface area contributed by atoms with Crippen molar-refractivity contribution in [2.75, 3.05) is 20.1 Å². The van der Waals surface area contributed by atoms with Gasteiger partial charge in [-0.1, -0.05) is 23.7 Å². The minimum Gasteiger partial charge on any atom is -0.508 e. The number of likely N-dealkylation sites (tertiary alicyclic amines) is 1. The largest absolute Gasteiger partial charge is 0.508 e. The number of likely N-dealkylation sites (N-methyl/N-ethyl adjacent to an activating group) is 1. The zero-order valence-corrected chi connectivity index (χ0v) is 17.4. The highest BCUT2D eigenvalue weighted by Gasteiger charge is 2.15. The fourth-order valence-corrected chi connectivity index (χ4v) is 3.75. The van der Waals surface area contributed by atoms with Gasteiger partial charge >= 0.3 is 0 Å². The van der Waals surface area contributed by atoms with Gasteiger partial charge in [0.15, 0.2) is 5.43 Å². The zero-order chi connectivity index (χ0) is 21.8. The van der Waals surface area contributed by atoms with Crippen LogP contribution in [0.2, 0.25) is 5.02 Å². The molecule has 0 radical (unpaired) electrons. The molecule has 2 aromatic carbocycles. The van der Waals surface area contributed by atoms with Gasteiger partial charge < -0.3 is 30.4 Å². The van der Waals surface area contributed by atoms with E-state index in [0.29, 0.717) is 10.6 Å². The van der Waals surface area contributed by atoms with Crippen molar-refractivity contribution in [3.8, 4) is 22.8 Å². The van der Waals surface area contributed by atoms with Gasteiger partial charge in [-0.3, -0.25) is 4.79 Å². The number of aliphatic hydroxyl groups excluding tert-OH is 1. The summed E-state index contributed by atoms with van der Waals surface area (Å²) < 4.78 is 5.63. The topological polar surface area (TPSA) is 120 Å². The van der Waals surface area contributed by atoms with Crippen LogP contribution in [0.25, 0.3) is 22.3 Å². The second-order valence-electron chi connectivity index (χ2n) is 7.35. The molecule has 0 spiro atoms. The van der Waals surface area contributed by atoms with Crippen LogP contribution in [0.15, 0.2) is 45.6 Å². The Labute approximate surface area is 178 Å². The van der Waals surface area contributed by atoms with Gasteiger partial charge in [-0.25, -0.2) is 0 Å².